The molecule has 0 saturated heterocycles. The van der Waals surface area contributed by atoms with Gasteiger partial charge in [-0.25, -0.2) is 9.59 Å². The minimum absolute atomic E-state index is 0.0857. The van der Waals surface area contributed by atoms with Crippen LogP contribution < -0.4 is 37.8 Å². The van der Waals surface area contributed by atoms with Gasteiger partial charge < -0.3 is 30.6 Å². The summed E-state index contributed by atoms with van der Waals surface area (Å²) < 4.78 is 6.92. The number of aryl methyl sites for hydroxylation is 2. The standard InChI is InChI=1S/C37H47N9O8/c1-25-21-41-36(52)45(23-25)19-15-30(47)38-18-6-4-8-33(50)43-34-14-13-29(54-34)22-40-27-9-11-28(12-10-27)42-32(49)7-3-5-17-39-31(48)16-20-46-24-26(2)35(51)44-37(46)53/h9-14,22-24H,3-8,15-21H2,1-2H3,(H,38,47)(H,39,48)(H,41,52)(H,42,49)(H,43,50)(H,44,51,53). The maximum Gasteiger partial charge on any atom is 0.328 e. The molecule has 0 spiro atoms. The lowest BCUT2D eigenvalue weighted by Gasteiger charge is -2.24. The van der Waals surface area contributed by atoms with E-state index in [-0.39, 0.29) is 67.8 Å². The molecule has 1 aromatic carbocycles. The van der Waals surface area contributed by atoms with E-state index in [0.29, 0.717) is 74.6 Å². The minimum Gasteiger partial charge on any atom is -0.439 e. The van der Waals surface area contributed by atoms with Crippen LogP contribution in [0.15, 0.2) is 73.4 Å². The van der Waals surface area contributed by atoms with Crippen LogP contribution in [0.1, 0.15) is 69.6 Å². The third-order valence-corrected chi connectivity index (χ3v) is 8.19. The number of nitrogens with zero attached hydrogens (tertiary/aromatic N) is 3. The smallest absolute Gasteiger partial charge is 0.328 e. The summed E-state index contributed by atoms with van der Waals surface area (Å²) in [4.78, 5) is 92.1. The molecular weight excluding hydrogens is 698 g/mol. The number of H-pyrrole nitrogens is 1. The number of unbranched alkanes of at least 4 members (excludes halogenated alkanes) is 2. The number of aromatic amines is 1. The first-order valence-electron chi connectivity index (χ1n) is 17.8. The molecule has 6 amide bonds. The van der Waals surface area contributed by atoms with E-state index in [1.807, 2.05) is 6.92 Å². The lowest BCUT2D eigenvalue weighted by Crippen LogP contribution is -2.43. The van der Waals surface area contributed by atoms with Crippen LogP contribution >= 0.6 is 0 Å². The molecule has 3 heterocycles. The molecular formula is C37H47N9O8. The highest BCUT2D eigenvalue weighted by atomic mass is 16.4. The number of hydrogen-bond donors (Lipinski definition) is 6. The molecule has 288 valence electrons. The number of aromatic nitrogens is 2. The van der Waals surface area contributed by atoms with Gasteiger partial charge in [0.25, 0.3) is 5.56 Å². The summed E-state index contributed by atoms with van der Waals surface area (Å²) in [6, 6.07) is 10.0. The molecule has 1 aliphatic heterocycles. The fraction of sp³-hybridized carbons (Fsp3) is 0.405. The summed E-state index contributed by atoms with van der Waals surface area (Å²) in [5.41, 5.74) is 1.64. The molecule has 6 N–H and O–H groups in total. The van der Waals surface area contributed by atoms with E-state index in [4.69, 9.17) is 4.42 Å². The fourth-order valence-electron chi connectivity index (χ4n) is 5.22. The number of urea groups is 1. The van der Waals surface area contributed by atoms with Gasteiger partial charge in [0.2, 0.25) is 23.6 Å². The Kier molecular flexibility index (Phi) is 15.5. The van der Waals surface area contributed by atoms with Crippen LogP contribution in [0.25, 0.3) is 0 Å². The van der Waals surface area contributed by atoms with Crippen molar-refractivity contribution < 1.29 is 28.4 Å². The van der Waals surface area contributed by atoms with E-state index in [1.165, 1.54) is 21.9 Å². The number of nitrogens with one attached hydrogen (secondary N) is 6. The fourth-order valence-corrected chi connectivity index (χ4v) is 5.22. The number of carbonyl (C=O) groups is 5. The molecule has 0 radical (unpaired) electrons. The van der Waals surface area contributed by atoms with E-state index < -0.39 is 11.2 Å². The molecule has 4 rings (SSSR count). The van der Waals surface area contributed by atoms with E-state index in [9.17, 15) is 33.6 Å². The number of carbonyl (C=O) groups excluding carboxylic acids is 5. The SMILES string of the molecule is CC1=CN(CCC(=O)NCCCCC(=O)Nc2ccc(C=Nc3ccc(NC(=O)CCCCNC(=O)CCn4cc(C)c(=O)[nH]c4=O)cc3)o2)C(=O)NC1. The zero-order valence-corrected chi connectivity index (χ0v) is 30.5. The average Bonchev–Trinajstić information content (AvgIpc) is 3.59. The van der Waals surface area contributed by atoms with Crippen LogP contribution in [0.5, 0.6) is 0 Å². The zero-order valence-electron chi connectivity index (χ0n) is 30.5. The normalized spacial score (nSPS) is 12.6. The number of amides is 6. The second-order valence-electron chi connectivity index (χ2n) is 12.8. The lowest BCUT2D eigenvalue weighted by molar-refractivity contribution is -0.122. The maximum atomic E-state index is 12.4. The molecule has 0 fully saturated rings. The predicted octanol–water partition coefficient (Wildman–Crippen LogP) is 3.05. The number of furan rings is 1. The van der Waals surface area contributed by atoms with Gasteiger partial charge in [-0.2, -0.15) is 0 Å². The Morgan fingerprint density at radius 3 is 2.13 bits per heavy atom. The molecule has 0 atom stereocenters. The lowest BCUT2D eigenvalue weighted by atomic mass is 10.2. The molecule has 0 aliphatic carbocycles. The van der Waals surface area contributed by atoms with E-state index >= 15 is 0 Å². The highest BCUT2D eigenvalue weighted by molar-refractivity contribution is 5.91. The van der Waals surface area contributed by atoms with Gasteiger partial charge in [0.05, 0.1) is 11.9 Å². The molecule has 0 unspecified atom stereocenters. The average molecular weight is 746 g/mol. The van der Waals surface area contributed by atoms with E-state index in [0.717, 1.165) is 5.57 Å². The highest BCUT2D eigenvalue weighted by Crippen LogP contribution is 2.18. The van der Waals surface area contributed by atoms with Crippen molar-refractivity contribution in [1.29, 1.82) is 0 Å². The second-order valence-corrected chi connectivity index (χ2v) is 12.8. The predicted molar refractivity (Wildman–Crippen MR) is 203 cm³/mol. The molecule has 0 saturated carbocycles. The van der Waals surface area contributed by atoms with Gasteiger partial charge in [-0.05, 0) is 75.4 Å². The van der Waals surface area contributed by atoms with Crippen LogP contribution in [0.2, 0.25) is 0 Å². The quantitative estimate of drug-likeness (QED) is 0.0742. The Morgan fingerprint density at radius 2 is 1.44 bits per heavy atom. The van der Waals surface area contributed by atoms with Crippen LogP contribution in [0.3, 0.4) is 0 Å². The molecule has 0 bridgehead atoms. The van der Waals surface area contributed by atoms with Crippen LogP contribution in [-0.2, 0) is 25.7 Å². The summed E-state index contributed by atoms with van der Waals surface area (Å²) in [6.45, 7) is 5.28. The first-order chi connectivity index (χ1) is 25.9. The number of anilines is 2. The van der Waals surface area contributed by atoms with Gasteiger partial charge >= 0.3 is 11.7 Å². The maximum absolute atomic E-state index is 12.4. The van der Waals surface area contributed by atoms with E-state index in [1.54, 1.807) is 49.5 Å². The van der Waals surface area contributed by atoms with Gasteiger partial charge in [-0.3, -0.25) is 43.8 Å². The zero-order chi connectivity index (χ0) is 38.9. The number of hydrogen-bond acceptors (Lipinski definition) is 9. The minimum atomic E-state index is -0.558. The van der Waals surface area contributed by atoms with Crippen LogP contribution in [0.4, 0.5) is 22.1 Å². The van der Waals surface area contributed by atoms with Crippen LogP contribution in [0, 0.1) is 6.92 Å². The number of rotatable bonds is 20. The first kappa shape index (κ1) is 40.5. The molecule has 17 nitrogen and oxygen atoms in total. The van der Waals surface area contributed by atoms with Gasteiger partial charge in [0.1, 0.15) is 5.76 Å². The van der Waals surface area contributed by atoms with Crippen LogP contribution in [-0.4, -0.2) is 76.5 Å². The Balaban J connectivity index is 1.04. The number of aliphatic imine (C=N–C) groups is 1. The van der Waals surface area contributed by atoms with Gasteiger partial charge in [-0.15, -0.1) is 0 Å². The van der Waals surface area contributed by atoms with Crippen molar-refractivity contribution in [3.8, 4) is 0 Å². The highest BCUT2D eigenvalue weighted by Gasteiger charge is 2.17. The molecule has 54 heavy (non-hydrogen) atoms. The van der Waals surface area contributed by atoms with Crippen molar-refractivity contribution >= 4 is 53.1 Å². The van der Waals surface area contributed by atoms with Crippen molar-refractivity contribution in [3.63, 3.8) is 0 Å². The monoisotopic (exact) mass is 745 g/mol. The second kappa shape index (κ2) is 20.7. The summed E-state index contributed by atoms with van der Waals surface area (Å²) in [7, 11) is 0. The Labute approximate surface area is 311 Å². The topological polar surface area (TPSA) is 229 Å². The summed E-state index contributed by atoms with van der Waals surface area (Å²) in [5.74, 6) is -0.0340. The van der Waals surface area contributed by atoms with Crippen molar-refractivity contribution in [2.75, 3.05) is 36.8 Å². The van der Waals surface area contributed by atoms with Crippen molar-refractivity contribution in [1.82, 2.24) is 30.4 Å². The van der Waals surface area contributed by atoms with E-state index in [2.05, 4.69) is 36.6 Å². The van der Waals surface area contributed by atoms with Gasteiger partial charge in [0.15, 0.2) is 5.88 Å². The molecule has 3 aromatic rings. The Bertz CT molecular complexity index is 1960. The molecule has 2 aromatic heterocycles. The Hall–Kier alpha value is -6.26. The molecule has 1 aliphatic rings. The first-order valence-corrected chi connectivity index (χ1v) is 17.8. The number of benzene rings is 1. The van der Waals surface area contributed by atoms with Gasteiger partial charge in [-0.1, -0.05) is 0 Å². The van der Waals surface area contributed by atoms with Crippen molar-refractivity contribution in [3.05, 3.63) is 86.5 Å². The summed E-state index contributed by atoms with van der Waals surface area (Å²) >= 11 is 0. The summed E-state index contributed by atoms with van der Waals surface area (Å²) in [5, 5.41) is 13.9. The Morgan fingerprint density at radius 1 is 0.796 bits per heavy atom. The molecule has 17 heteroatoms. The third kappa shape index (κ3) is 14.0. The van der Waals surface area contributed by atoms with Gasteiger partial charge in [0, 0.05) is 88.1 Å². The summed E-state index contributed by atoms with van der Waals surface area (Å²) in [6.07, 6.45) is 7.87. The third-order valence-electron chi connectivity index (χ3n) is 8.19. The van der Waals surface area contributed by atoms with Crippen molar-refractivity contribution in [2.45, 2.75) is 71.8 Å². The largest absolute Gasteiger partial charge is 0.439 e. The van der Waals surface area contributed by atoms with Crippen molar-refractivity contribution in [2.24, 2.45) is 4.99 Å².